The SMILES string of the molecule is CS(=O)(=O)N1CCN(c2ccc(CCN)c(Cl)c2)CC1. The van der Waals surface area contributed by atoms with Gasteiger partial charge in [-0.2, -0.15) is 4.31 Å². The van der Waals surface area contributed by atoms with Crippen LogP contribution < -0.4 is 10.6 Å². The van der Waals surface area contributed by atoms with Crippen molar-refractivity contribution >= 4 is 27.3 Å². The van der Waals surface area contributed by atoms with Crippen LogP contribution in [0.3, 0.4) is 0 Å². The van der Waals surface area contributed by atoms with Gasteiger partial charge in [-0.15, -0.1) is 0 Å². The number of benzene rings is 1. The molecule has 112 valence electrons. The molecule has 0 spiro atoms. The van der Waals surface area contributed by atoms with Crippen LogP contribution in [0.1, 0.15) is 5.56 Å². The molecule has 2 N–H and O–H groups in total. The van der Waals surface area contributed by atoms with Gasteiger partial charge in [0.25, 0.3) is 0 Å². The minimum Gasteiger partial charge on any atom is -0.369 e. The number of nitrogens with two attached hydrogens (primary N) is 1. The van der Waals surface area contributed by atoms with Crippen molar-refractivity contribution < 1.29 is 8.42 Å². The van der Waals surface area contributed by atoms with Crippen molar-refractivity contribution in [3.63, 3.8) is 0 Å². The zero-order chi connectivity index (χ0) is 14.8. The standard InChI is InChI=1S/C13H20ClN3O2S/c1-20(18,19)17-8-6-16(7-9-17)12-3-2-11(4-5-15)13(14)10-12/h2-3,10H,4-9,15H2,1H3. The summed E-state index contributed by atoms with van der Waals surface area (Å²) in [5, 5.41) is 0.721. The van der Waals surface area contributed by atoms with Crippen molar-refractivity contribution in [2.24, 2.45) is 5.73 Å². The average Bonchev–Trinajstić information content (AvgIpc) is 2.40. The van der Waals surface area contributed by atoms with E-state index in [9.17, 15) is 8.42 Å². The van der Waals surface area contributed by atoms with Gasteiger partial charge < -0.3 is 10.6 Å². The minimum absolute atomic E-state index is 0.515. The Balaban J connectivity index is 2.06. The van der Waals surface area contributed by atoms with E-state index < -0.39 is 10.0 Å². The Morgan fingerprint density at radius 1 is 1.25 bits per heavy atom. The number of nitrogens with zero attached hydrogens (tertiary/aromatic N) is 2. The van der Waals surface area contributed by atoms with Crippen LogP contribution in [0.15, 0.2) is 18.2 Å². The third-order valence-corrected chi connectivity index (χ3v) is 5.18. The lowest BCUT2D eigenvalue weighted by Crippen LogP contribution is -2.48. The van der Waals surface area contributed by atoms with Crippen LogP contribution in [0.5, 0.6) is 0 Å². The second-order valence-electron chi connectivity index (χ2n) is 4.96. The highest BCUT2D eigenvalue weighted by atomic mass is 35.5. The maximum atomic E-state index is 11.5. The third-order valence-electron chi connectivity index (χ3n) is 3.52. The summed E-state index contributed by atoms with van der Waals surface area (Å²) in [6, 6.07) is 5.95. The van der Waals surface area contributed by atoms with Gasteiger partial charge in [0.15, 0.2) is 0 Å². The molecule has 7 heteroatoms. The predicted octanol–water partition coefficient (Wildman–Crippen LogP) is 0.923. The Kier molecular flexibility index (Phi) is 4.90. The molecule has 2 rings (SSSR count). The lowest BCUT2D eigenvalue weighted by Gasteiger charge is -2.34. The Hall–Kier alpha value is -0.820. The monoisotopic (exact) mass is 317 g/mol. The number of sulfonamides is 1. The number of hydrogen-bond acceptors (Lipinski definition) is 4. The predicted molar refractivity (Wildman–Crippen MR) is 82.8 cm³/mol. The molecule has 1 aromatic rings. The van der Waals surface area contributed by atoms with Gasteiger partial charge in [0, 0.05) is 36.9 Å². The maximum Gasteiger partial charge on any atom is 0.211 e. The largest absolute Gasteiger partial charge is 0.369 e. The van der Waals surface area contributed by atoms with Crippen LogP contribution >= 0.6 is 11.6 Å². The van der Waals surface area contributed by atoms with E-state index in [0.29, 0.717) is 32.7 Å². The first kappa shape index (κ1) is 15.6. The molecule has 0 atom stereocenters. The third kappa shape index (κ3) is 3.63. The van der Waals surface area contributed by atoms with E-state index >= 15 is 0 Å². The molecule has 0 radical (unpaired) electrons. The smallest absolute Gasteiger partial charge is 0.211 e. The van der Waals surface area contributed by atoms with Crippen molar-refractivity contribution in [1.29, 1.82) is 0 Å². The van der Waals surface area contributed by atoms with Gasteiger partial charge in [-0.25, -0.2) is 8.42 Å². The fraction of sp³-hybridized carbons (Fsp3) is 0.538. The molecule has 0 saturated carbocycles. The van der Waals surface area contributed by atoms with Crippen molar-refractivity contribution in [3.8, 4) is 0 Å². The van der Waals surface area contributed by atoms with Crippen molar-refractivity contribution in [1.82, 2.24) is 4.31 Å². The minimum atomic E-state index is -3.09. The first-order valence-corrected chi connectivity index (χ1v) is 8.83. The molecule has 0 amide bonds. The van der Waals surface area contributed by atoms with Gasteiger partial charge in [0.1, 0.15) is 0 Å². The van der Waals surface area contributed by atoms with Gasteiger partial charge in [0.05, 0.1) is 6.26 Å². The van der Waals surface area contributed by atoms with E-state index in [4.69, 9.17) is 17.3 Å². The van der Waals surface area contributed by atoms with Crippen LogP contribution in [0, 0.1) is 0 Å². The van der Waals surface area contributed by atoms with Crippen LogP contribution in [-0.2, 0) is 16.4 Å². The summed E-state index contributed by atoms with van der Waals surface area (Å²) in [5.41, 5.74) is 7.62. The van der Waals surface area contributed by atoms with Crippen molar-refractivity contribution in [2.45, 2.75) is 6.42 Å². The zero-order valence-electron chi connectivity index (χ0n) is 11.5. The number of halogens is 1. The molecule has 20 heavy (non-hydrogen) atoms. The molecule has 0 aliphatic carbocycles. The summed E-state index contributed by atoms with van der Waals surface area (Å²) in [5.74, 6) is 0. The highest BCUT2D eigenvalue weighted by Gasteiger charge is 2.23. The zero-order valence-corrected chi connectivity index (χ0v) is 13.1. The second kappa shape index (κ2) is 6.30. The maximum absolute atomic E-state index is 11.5. The fourth-order valence-electron chi connectivity index (χ4n) is 2.37. The molecule has 0 bridgehead atoms. The molecular formula is C13H20ClN3O2S. The summed E-state index contributed by atoms with van der Waals surface area (Å²) in [7, 11) is -3.09. The van der Waals surface area contributed by atoms with E-state index in [1.807, 2.05) is 18.2 Å². The van der Waals surface area contributed by atoms with E-state index in [2.05, 4.69) is 4.90 Å². The Morgan fingerprint density at radius 3 is 2.40 bits per heavy atom. The summed E-state index contributed by atoms with van der Waals surface area (Å²) in [4.78, 5) is 2.15. The van der Waals surface area contributed by atoms with E-state index in [-0.39, 0.29) is 0 Å². The van der Waals surface area contributed by atoms with Gasteiger partial charge in [-0.05, 0) is 30.7 Å². The summed E-state index contributed by atoms with van der Waals surface area (Å²) < 4.78 is 24.5. The van der Waals surface area contributed by atoms with Crippen LogP contribution in [-0.4, -0.2) is 51.7 Å². The normalized spacial score (nSPS) is 17.4. The van der Waals surface area contributed by atoms with Crippen LogP contribution in [0.2, 0.25) is 5.02 Å². The van der Waals surface area contributed by atoms with Crippen LogP contribution in [0.4, 0.5) is 5.69 Å². The molecule has 5 nitrogen and oxygen atoms in total. The highest BCUT2D eigenvalue weighted by Crippen LogP contribution is 2.25. The quantitative estimate of drug-likeness (QED) is 0.897. The lowest BCUT2D eigenvalue weighted by molar-refractivity contribution is 0.388. The second-order valence-corrected chi connectivity index (χ2v) is 7.35. The Bertz CT molecular complexity index is 569. The first-order chi connectivity index (χ1) is 9.41. The molecule has 1 aliphatic rings. The van der Waals surface area contributed by atoms with E-state index in [0.717, 1.165) is 22.7 Å². The topological polar surface area (TPSA) is 66.6 Å². The summed E-state index contributed by atoms with van der Waals surface area (Å²) in [6.07, 6.45) is 2.02. The lowest BCUT2D eigenvalue weighted by atomic mass is 10.1. The highest BCUT2D eigenvalue weighted by molar-refractivity contribution is 7.88. The van der Waals surface area contributed by atoms with Crippen molar-refractivity contribution in [2.75, 3.05) is 43.9 Å². The van der Waals surface area contributed by atoms with Crippen LogP contribution in [0.25, 0.3) is 0 Å². The van der Waals surface area contributed by atoms with E-state index in [1.165, 1.54) is 10.6 Å². The number of anilines is 1. The summed E-state index contributed by atoms with van der Waals surface area (Å²) >= 11 is 6.24. The number of hydrogen-bond donors (Lipinski definition) is 1. The Morgan fingerprint density at radius 2 is 1.90 bits per heavy atom. The fourth-order valence-corrected chi connectivity index (χ4v) is 3.46. The molecule has 1 fully saturated rings. The summed E-state index contributed by atoms with van der Waals surface area (Å²) in [6.45, 7) is 2.97. The van der Waals surface area contributed by atoms with Gasteiger partial charge in [-0.1, -0.05) is 17.7 Å². The Labute approximate surface area is 125 Å². The molecule has 1 aromatic carbocycles. The van der Waals surface area contributed by atoms with E-state index in [1.54, 1.807) is 0 Å². The average molecular weight is 318 g/mol. The van der Waals surface area contributed by atoms with Gasteiger partial charge in [0.2, 0.25) is 10.0 Å². The first-order valence-electron chi connectivity index (χ1n) is 6.60. The molecule has 1 heterocycles. The molecular weight excluding hydrogens is 298 g/mol. The number of rotatable bonds is 4. The van der Waals surface area contributed by atoms with Gasteiger partial charge in [-0.3, -0.25) is 0 Å². The van der Waals surface area contributed by atoms with Gasteiger partial charge >= 0.3 is 0 Å². The van der Waals surface area contributed by atoms with Crippen molar-refractivity contribution in [3.05, 3.63) is 28.8 Å². The molecule has 1 saturated heterocycles. The molecule has 0 aromatic heterocycles. The molecule has 1 aliphatic heterocycles. The molecule has 0 unspecified atom stereocenters. The number of piperazine rings is 1.